The summed E-state index contributed by atoms with van der Waals surface area (Å²) in [5, 5.41) is 4.05. The molecule has 6 heteroatoms. The van der Waals surface area contributed by atoms with Crippen molar-refractivity contribution in [3.8, 4) is 16.9 Å². The molecule has 36 heavy (non-hydrogen) atoms. The van der Waals surface area contributed by atoms with Gasteiger partial charge in [-0.25, -0.2) is 9.37 Å². The molecule has 4 nitrogen and oxygen atoms in total. The Morgan fingerprint density at radius 2 is 1.58 bits per heavy atom. The number of ether oxygens (including phenoxy) is 1. The Hall–Kier alpha value is -4.16. The maximum absolute atomic E-state index is 13.4. The first kappa shape index (κ1) is 23.6. The molecule has 1 heterocycles. The Kier molecular flexibility index (Phi) is 6.96. The van der Waals surface area contributed by atoms with E-state index >= 15 is 0 Å². The van der Waals surface area contributed by atoms with Gasteiger partial charge in [0.05, 0.1) is 17.7 Å². The van der Waals surface area contributed by atoms with Gasteiger partial charge >= 0.3 is 0 Å². The zero-order valence-electron chi connectivity index (χ0n) is 19.5. The van der Waals surface area contributed by atoms with Crippen molar-refractivity contribution in [1.29, 1.82) is 0 Å². The van der Waals surface area contributed by atoms with E-state index in [1.54, 1.807) is 19.2 Å². The summed E-state index contributed by atoms with van der Waals surface area (Å²) in [4.78, 5) is 18.3. The third-order valence-electron chi connectivity index (χ3n) is 5.77. The molecular formula is C30H23FN2O2S. The Morgan fingerprint density at radius 3 is 2.28 bits per heavy atom. The topological polar surface area (TPSA) is 51.2 Å². The minimum atomic E-state index is -0.574. The van der Waals surface area contributed by atoms with E-state index in [4.69, 9.17) is 9.72 Å². The van der Waals surface area contributed by atoms with Crippen molar-refractivity contribution < 1.29 is 13.9 Å². The summed E-state index contributed by atoms with van der Waals surface area (Å²) in [5.74, 6) is 0.141. The lowest BCUT2D eigenvalue weighted by Crippen LogP contribution is -2.19. The molecule has 0 aliphatic heterocycles. The van der Waals surface area contributed by atoms with Gasteiger partial charge in [0.2, 0.25) is 5.91 Å². The van der Waals surface area contributed by atoms with Gasteiger partial charge in [0, 0.05) is 17.1 Å². The number of rotatable bonds is 7. The number of carbonyl (C=O) groups is 1. The highest BCUT2D eigenvalue weighted by Crippen LogP contribution is 2.39. The molecule has 1 unspecified atom stereocenters. The average Bonchev–Trinajstić information content (AvgIpc) is 2.93. The van der Waals surface area contributed by atoms with Crippen LogP contribution in [-0.4, -0.2) is 18.0 Å². The van der Waals surface area contributed by atoms with Crippen molar-refractivity contribution in [2.75, 3.05) is 12.4 Å². The third kappa shape index (κ3) is 5.24. The van der Waals surface area contributed by atoms with Crippen LogP contribution in [0.3, 0.4) is 0 Å². The van der Waals surface area contributed by atoms with Gasteiger partial charge in [-0.3, -0.25) is 4.79 Å². The van der Waals surface area contributed by atoms with Gasteiger partial charge in [0.25, 0.3) is 0 Å². The van der Waals surface area contributed by atoms with Crippen LogP contribution in [0.4, 0.5) is 10.1 Å². The maximum Gasteiger partial charge on any atom is 0.242 e. The van der Waals surface area contributed by atoms with Crippen molar-refractivity contribution >= 4 is 34.3 Å². The second-order valence-corrected chi connectivity index (χ2v) is 9.29. The number of methoxy groups -OCH3 is 1. The number of benzene rings is 4. The highest BCUT2D eigenvalue weighted by atomic mass is 32.2. The molecule has 5 aromatic rings. The molecule has 0 radical (unpaired) electrons. The van der Waals surface area contributed by atoms with E-state index < -0.39 is 5.25 Å². The number of pyridine rings is 1. The van der Waals surface area contributed by atoms with Crippen LogP contribution < -0.4 is 10.1 Å². The number of thioether (sulfide) groups is 1. The Morgan fingerprint density at radius 1 is 0.889 bits per heavy atom. The van der Waals surface area contributed by atoms with Crippen LogP contribution in [0.1, 0.15) is 10.8 Å². The van der Waals surface area contributed by atoms with Crippen molar-refractivity contribution in [3.05, 3.63) is 121 Å². The van der Waals surface area contributed by atoms with E-state index in [1.165, 1.54) is 23.9 Å². The fraction of sp³-hybridized carbons (Fsp3) is 0.0667. The molecule has 0 saturated heterocycles. The summed E-state index contributed by atoms with van der Waals surface area (Å²) in [5.41, 5.74) is 4.24. The molecule has 0 saturated carbocycles. The molecule has 0 bridgehead atoms. The van der Waals surface area contributed by atoms with E-state index in [9.17, 15) is 9.18 Å². The highest BCUT2D eigenvalue weighted by Gasteiger charge is 2.24. The molecule has 0 spiro atoms. The number of anilines is 1. The summed E-state index contributed by atoms with van der Waals surface area (Å²) in [6.45, 7) is 0. The first-order valence-corrected chi connectivity index (χ1v) is 12.3. The van der Waals surface area contributed by atoms with Gasteiger partial charge in [0.1, 0.15) is 16.8 Å². The first-order valence-electron chi connectivity index (χ1n) is 11.4. The Labute approximate surface area is 213 Å². The minimum absolute atomic E-state index is 0.216. The van der Waals surface area contributed by atoms with Crippen LogP contribution in [0.25, 0.3) is 22.0 Å². The summed E-state index contributed by atoms with van der Waals surface area (Å²) >= 11 is 1.37. The second-order valence-electron chi connectivity index (χ2n) is 8.16. The summed E-state index contributed by atoms with van der Waals surface area (Å²) in [7, 11) is 1.63. The van der Waals surface area contributed by atoms with Gasteiger partial charge in [-0.2, -0.15) is 0 Å². The molecule has 1 amide bonds. The predicted molar refractivity (Wildman–Crippen MR) is 144 cm³/mol. The number of nitrogens with zero attached hydrogens (tertiary/aromatic N) is 1. The van der Waals surface area contributed by atoms with Gasteiger partial charge in [-0.15, -0.1) is 0 Å². The number of carbonyl (C=O) groups excluding carboxylic acids is 1. The van der Waals surface area contributed by atoms with E-state index in [1.807, 2.05) is 72.8 Å². The summed E-state index contributed by atoms with van der Waals surface area (Å²) in [6, 6.07) is 33.3. The molecule has 1 N–H and O–H groups in total. The molecular weight excluding hydrogens is 471 g/mol. The average molecular weight is 495 g/mol. The zero-order chi connectivity index (χ0) is 24.9. The van der Waals surface area contributed by atoms with Crippen molar-refractivity contribution in [2.45, 2.75) is 10.3 Å². The predicted octanol–water partition coefficient (Wildman–Crippen LogP) is 7.52. The number of hydrogen-bond acceptors (Lipinski definition) is 4. The number of halogens is 1. The van der Waals surface area contributed by atoms with E-state index in [0.29, 0.717) is 16.5 Å². The Bertz CT molecular complexity index is 1490. The monoisotopic (exact) mass is 494 g/mol. The normalized spacial score (nSPS) is 11.7. The number of hydrogen-bond donors (Lipinski definition) is 1. The van der Waals surface area contributed by atoms with Crippen LogP contribution in [-0.2, 0) is 4.79 Å². The van der Waals surface area contributed by atoms with E-state index in [0.717, 1.165) is 27.6 Å². The van der Waals surface area contributed by atoms with Gasteiger partial charge in [-0.05, 0) is 59.2 Å². The molecule has 0 aliphatic rings. The van der Waals surface area contributed by atoms with Crippen molar-refractivity contribution in [2.24, 2.45) is 0 Å². The van der Waals surface area contributed by atoms with Crippen LogP contribution in [0.2, 0.25) is 0 Å². The fourth-order valence-corrected chi connectivity index (χ4v) is 5.03. The highest BCUT2D eigenvalue weighted by molar-refractivity contribution is 8.00. The van der Waals surface area contributed by atoms with Crippen molar-refractivity contribution in [3.63, 3.8) is 0 Å². The summed E-state index contributed by atoms with van der Waals surface area (Å²) in [6.07, 6.45) is 0. The number of fused-ring (bicyclic) bond motifs is 1. The molecule has 178 valence electrons. The molecule has 4 aromatic carbocycles. The lowest BCUT2D eigenvalue weighted by Gasteiger charge is -2.18. The van der Waals surface area contributed by atoms with Gasteiger partial charge < -0.3 is 10.1 Å². The van der Waals surface area contributed by atoms with Crippen LogP contribution in [0, 0.1) is 5.82 Å². The quantitative estimate of drug-likeness (QED) is 0.238. The first-order chi connectivity index (χ1) is 17.6. The van der Waals surface area contributed by atoms with Crippen LogP contribution in [0.5, 0.6) is 5.75 Å². The second kappa shape index (κ2) is 10.6. The molecule has 1 aromatic heterocycles. The van der Waals surface area contributed by atoms with Gasteiger partial charge in [-0.1, -0.05) is 72.4 Å². The fourth-order valence-electron chi connectivity index (χ4n) is 3.99. The Balaban J connectivity index is 1.57. The lowest BCUT2D eigenvalue weighted by atomic mass is 10.0. The maximum atomic E-state index is 13.4. The van der Waals surface area contributed by atoms with Crippen LogP contribution >= 0.6 is 11.8 Å². The van der Waals surface area contributed by atoms with Crippen LogP contribution in [0.15, 0.2) is 114 Å². The SMILES string of the molecule is COc1ccc2c(-c3ccccc3)cc(SC(C(=O)Nc3ccc(F)cc3)c3ccccc3)nc2c1. The van der Waals surface area contributed by atoms with E-state index in [2.05, 4.69) is 17.4 Å². The number of amides is 1. The summed E-state index contributed by atoms with van der Waals surface area (Å²) < 4.78 is 18.8. The standard InChI is InChI=1S/C30H23FN2O2S/c1-35-24-16-17-25-26(20-8-4-2-5-9-20)19-28(33-27(25)18-24)36-29(21-10-6-3-7-11-21)30(34)32-23-14-12-22(31)13-15-23/h2-19,29H,1H3,(H,32,34). The number of aromatic nitrogens is 1. The van der Waals surface area contributed by atoms with E-state index in [-0.39, 0.29) is 11.7 Å². The van der Waals surface area contributed by atoms with Crippen molar-refractivity contribution in [1.82, 2.24) is 4.98 Å². The minimum Gasteiger partial charge on any atom is -0.497 e. The molecule has 0 aliphatic carbocycles. The molecule has 1 atom stereocenters. The zero-order valence-corrected chi connectivity index (χ0v) is 20.3. The molecule has 0 fully saturated rings. The number of nitrogens with one attached hydrogen (secondary N) is 1. The molecule has 5 rings (SSSR count). The largest absolute Gasteiger partial charge is 0.497 e. The lowest BCUT2D eigenvalue weighted by molar-refractivity contribution is -0.115. The van der Waals surface area contributed by atoms with Gasteiger partial charge in [0.15, 0.2) is 0 Å². The smallest absolute Gasteiger partial charge is 0.242 e. The third-order valence-corrected chi connectivity index (χ3v) is 6.94.